The number of nitrogens with one attached hydrogen (secondary N) is 2. The predicted octanol–water partition coefficient (Wildman–Crippen LogP) is 7.43. The Morgan fingerprint density at radius 2 is 1.77 bits per heavy atom. The molecule has 2 N–H and O–H groups in total. The van der Waals surface area contributed by atoms with Crippen molar-refractivity contribution in [2.24, 2.45) is 0 Å². The minimum Gasteiger partial charge on any atom is -0.496 e. The number of alkyl halides is 2. The van der Waals surface area contributed by atoms with Crippen LogP contribution >= 0.6 is 0 Å². The number of benzene rings is 3. The zero-order valence-corrected chi connectivity index (χ0v) is 25.3. The van der Waals surface area contributed by atoms with Crippen LogP contribution in [-0.4, -0.2) is 44.2 Å². The first-order valence-corrected chi connectivity index (χ1v) is 14.5. The lowest BCUT2D eigenvalue weighted by Gasteiger charge is -2.45. The molecule has 0 unspecified atom stereocenters. The maximum Gasteiger partial charge on any atom is 0.345 e. The minimum absolute atomic E-state index is 0.264. The van der Waals surface area contributed by atoms with Crippen molar-refractivity contribution in [3.05, 3.63) is 76.6 Å². The summed E-state index contributed by atoms with van der Waals surface area (Å²) in [4.78, 5) is 26.8. The molecule has 1 heterocycles. The molecule has 0 atom stereocenters. The molecule has 0 spiro atoms. The Kier molecular flexibility index (Phi) is 8.74. The molecule has 232 valence electrons. The monoisotopic (exact) mass is 608 g/mol. The Bertz CT molecular complexity index is 1710. The Morgan fingerprint density at radius 1 is 1.07 bits per heavy atom. The third-order valence-electron chi connectivity index (χ3n) is 8.14. The van der Waals surface area contributed by atoms with Crippen LogP contribution in [0.25, 0.3) is 33.4 Å². The van der Waals surface area contributed by atoms with Gasteiger partial charge in [-0.2, -0.15) is 8.78 Å². The molecule has 1 saturated carbocycles. The number of furan rings is 1. The molecule has 1 aromatic heterocycles. The van der Waals surface area contributed by atoms with Crippen molar-refractivity contribution < 1.29 is 36.7 Å². The zero-order chi connectivity index (χ0) is 31.8. The highest BCUT2D eigenvalue weighted by atomic mass is 19.3. The van der Waals surface area contributed by atoms with Gasteiger partial charge in [0.2, 0.25) is 0 Å². The van der Waals surface area contributed by atoms with Gasteiger partial charge in [-0.3, -0.25) is 9.59 Å². The van der Waals surface area contributed by atoms with E-state index in [1.165, 1.54) is 26.3 Å². The third-order valence-corrected chi connectivity index (χ3v) is 8.14. The van der Waals surface area contributed by atoms with Gasteiger partial charge >= 0.3 is 6.61 Å². The average molecular weight is 609 g/mol. The molecule has 1 fully saturated rings. The largest absolute Gasteiger partial charge is 0.496 e. The molecule has 10 heteroatoms. The van der Waals surface area contributed by atoms with Crippen molar-refractivity contribution in [1.82, 2.24) is 10.6 Å². The first-order valence-electron chi connectivity index (χ1n) is 14.5. The van der Waals surface area contributed by atoms with E-state index in [4.69, 9.17) is 9.15 Å². The number of carbonyl (C=O) groups is 2. The summed E-state index contributed by atoms with van der Waals surface area (Å²) in [7, 11) is 3.01. The Morgan fingerprint density at radius 3 is 2.39 bits per heavy atom. The van der Waals surface area contributed by atoms with Gasteiger partial charge in [-0.05, 0) is 104 Å². The highest BCUT2D eigenvalue weighted by molar-refractivity contribution is 6.12. The summed E-state index contributed by atoms with van der Waals surface area (Å²) in [5.74, 6) is -0.452. The van der Waals surface area contributed by atoms with Crippen LogP contribution in [0.5, 0.6) is 5.75 Å². The molecular formula is C34H35F3N2O5. The predicted molar refractivity (Wildman–Crippen MR) is 162 cm³/mol. The fourth-order valence-corrected chi connectivity index (χ4v) is 6.02. The molecule has 2 amide bonds. The van der Waals surface area contributed by atoms with Crippen LogP contribution in [0.4, 0.5) is 13.2 Å². The lowest BCUT2D eigenvalue weighted by molar-refractivity contribution is -0.194. The number of aryl methyl sites for hydroxylation is 2. The zero-order valence-electron chi connectivity index (χ0n) is 25.3. The van der Waals surface area contributed by atoms with Gasteiger partial charge < -0.3 is 24.5 Å². The number of hydrogen-bond acceptors (Lipinski definition) is 5. The first kappa shape index (κ1) is 31.1. The fraction of sp³-hybridized carbons (Fsp3) is 0.353. The number of methoxy groups -OCH3 is 1. The van der Waals surface area contributed by atoms with Gasteiger partial charge in [0.05, 0.1) is 24.3 Å². The van der Waals surface area contributed by atoms with Crippen LogP contribution in [0.1, 0.15) is 65.0 Å². The van der Waals surface area contributed by atoms with E-state index < -0.39 is 30.0 Å². The summed E-state index contributed by atoms with van der Waals surface area (Å²) in [5, 5.41) is 6.23. The standard InChI is InChI=1S/C34H35F3N2O5/c1-6-7-20-13-28-25(29(32(41)38-4)30(44-28)19-8-10-21(35)11-9-19)15-24(20)23-14-26(27(42-5)12-18(23)2)31(40)39-34(3)16-22(17-34)43-33(36)37/h8-15,22,33H,6-7,16-17H2,1-5H3,(H,38,41)(H,39,40). The quantitative estimate of drug-likeness (QED) is 0.196. The van der Waals surface area contributed by atoms with Gasteiger partial charge in [0.1, 0.15) is 22.9 Å². The second kappa shape index (κ2) is 12.4. The van der Waals surface area contributed by atoms with Crippen molar-refractivity contribution in [1.29, 1.82) is 0 Å². The van der Waals surface area contributed by atoms with Gasteiger partial charge in [0.15, 0.2) is 0 Å². The Labute approximate surface area is 253 Å². The van der Waals surface area contributed by atoms with Crippen LogP contribution in [-0.2, 0) is 11.2 Å². The summed E-state index contributed by atoms with van der Waals surface area (Å²) in [5.41, 5.74) is 4.38. The maximum atomic E-state index is 13.7. The molecule has 0 aliphatic heterocycles. The SMILES string of the molecule is CCCc1cc2oc(-c3ccc(F)cc3)c(C(=O)NC)c2cc1-c1cc(C(=O)NC2(C)CC(OC(F)F)C2)c(OC)cc1C. The Hall–Kier alpha value is -4.31. The van der Waals surface area contributed by atoms with Gasteiger partial charge in [0, 0.05) is 23.5 Å². The van der Waals surface area contributed by atoms with Crippen molar-refractivity contribution in [2.45, 2.75) is 64.7 Å². The topological polar surface area (TPSA) is 89.8 Å². The number of fused-ring (bicyclic) bond motifs is 1. The number of halogens is 3. The van der Waals surface area contributed by atoms with Crippen LogP contribution in [0.2, 0.25) is 0 Å². The highest BCUT2D eigenvalue weighted by Crippen LogP contribution is 2.41. The van der Waals surface area contributed by atoms with Crippen molar-refractivity contribution >= 4 is 22.8 Å². The highest BCUT2D eigenvalue weighted by Gasteiger charge is 2.43. The van der Waals surface area contributed by atoms with Crippen LogP contribution in [0, 0.1) is 12.7 Å². The smallest absolute Gasteiger partial charge is 0.345 e. The van der Waals surface area contributed by atoms with E-state index in [1.54, 1.807) is 31.2 Å². The number of hydrogen-bond donors (Lipinski definition) is 2. The van der Waals surface area contributed by atoms with E-state index >= 15 is 0 Å². The molecule has 44 heavy (non-hydrogen) atoms. The van der Waals surface area contributed by atoms with Crippen LogP contribution < -0.4 is 15.4 Å². The second-order valence-corrected chi connectivity index (χ2v) is 11.5. The maximum absolute atomic E-state index is 13.7. The summed E-state index contributed by atoms with van der Waals surface area (Å²) in [6.45, 7) is 2.90. The molecular weight excluding hydrogens is 573 g/mol. The second-order valence-electron chi connectivity index (χ2n) is 11.5. The van der Waals surface area contributed by atoms with E-state index in [0.717, 1.165) is 28.7 Å². The summed E-state index contributed by atoms with van der Waals surface area (Å²) in [6.07, 6.45) is 1.43. The van der Waals surface area contributed by atoms with Crippen LogP contribution in [0.3, 0.4) is 0 Å². The lowest BCUT2D eigenvalue weighted by atomic mass is 9.75. The van der Waals surface area contributed by atoms with Gasteiger partial charge in [-0.15, -0.1) is 0 Å². The fourth-order valence-electron chi connectivity index (χ4n) is 6.02. The third kappa shape index (κ3) is 6.04. The van der Waals surface area contributed by atoms with Gasteiger partial charge in [-0.25, -0.2) is 4.39 Å². The van der Waals surface area contributed by atoms with E-state index in [9.17, 15) is 22.8 Å². The number of ether oxygens (including phenoxy) is 2. The molecule has 0 saturated heterocycles. The van der Waals surface area contributed by atoms with Crippen LogP contribution in [0.15, 0.2) is 52.9 Å². The molecule has 0 bridgehead atoms. The summed E-state index contributed by atoms with van der Waals surface area (Å²) in [6, 6.07) is 13.1. The average Bonchev–Trinajstić information content (AvgIpc) is 3.33. The molecule has 3 aromatic carbocycles. The Balaban J connectivity index is 1.62. The molecule has 4 aromatic rings. The van der Waals surface area contributed by atoms with Gasteiger partial charge in [-0.1, -0.05) is 13.3 Å². The number of amides is 2. The lowest BCUT2D eigenvalue weighted by Crippen LogP contribution is -2.58. The molecule has 0 radical (unpaired) electrons. The van der Waals surface area contributed by atoms with E-state index in [0.29, 0.717) is 45.6 Å². The summed E-state index contributed by atoms with van der Waals surface area (Å²) < 4.78 is 55.4. The molecule has 7 nitrogen and oxygen atoms in total. The van der Waals surface area contributed by atoms with Crippen molar-refractivity contribution in [2.75, 3.05) is 14.2 Å². The van der Waals surface area contributed by atoms with Crippen molar-refractivity contribution in [3.63, 3.8) is 0 Å². The van der Waals surface area contributed by atoms with Crippen molar-refractivity contribution in [3.8, 4) is 28.2 Å². The van der Waals surface area contributed by atoms with E-state index in [2.05, 4.69) is 22.3 Å². The molecule has 1 aliphatic rings. The normalized spacial score (nSPS) is 17.9. The van der Waals surface area contributed by atoms with E-state index in [-0.39, 0.29) is 18.7 Å². The van der Waals surface area contributed by atoms with E-state index in [1.807, 2.05) is 19.1 Å². The molecule has 1 aliphatic carbocycles. The minimum atomic E-state index is -2.86. The number of rotatable bonds is 10. The number of carbonyl (C=O) groups excluding carboxylic acids is 2. The molecule has 5 rings (SSSR count). The van der Waals surface area contributed by atoms with Gasteiger partial charge in [0.25, 0.3) is 11.8 Å². The summed E-state index contributed by atoms with van der Waals surface area (Å²) >= 11 is 0. The first-order chi connectivity index (χ1) is 21.0.